The van der Waals surface area contributed by atoms with E-state index in [0.29, 0.717) is 44.2 Å². The van der Waals surface area contributed by atoms with Crippen LogP contribution < -0.4 is 5.32 Å². The Hall–Kier alpha value is -1.70. The molecule has 7 nitrogen and oxygen atoms in total. The molecule has 1 aliphatic carbocycles. The Kier molecular flexibility index (Phi) is 5.33. The fourth-order valence-electron chi connectivity index (χ4n) is 3.45. The van der Waals surface area contributed by atoms with Crippen LogP contribution in [0.5, 0.6) is 0 Å². The fraction of sp³-hybridized carbons (Fsp3) is 0.812. The maximum absolute atomic E-state index is 13.4. The van der Waals surface area contributed by atoms with Crippen LogP contribution in [-0.4, -0.2) is 53.0 Å². The molecule has 1 saturated carbocycles. The lowest BCUT2D eigenvalue weighted by atomic mass is 9.88. The third-order valence-corrected chi connectivity index (χ3v) is 4.63. The molecule has 2 fully saturated rings. The minimum Gasteiger partial charge on any atom is -0.362 e. The number of hydrogen-bond donors (Lipinski definition) is 1. The van der Waals surface area contributed by atoms with Crippen LogP contribution in [0, 0.1) is 12.8 Å². The van der Waals surface area contributed by atoms with Crippen LogP contribution >= 0.6 is 0 Å². The van der Waals surface area contributed by atoms with E-state index in [1.165, 1.54) is 0 Å². The van der Waals surface area contributed by atoms with Crippen molar-refractivity contribution in [2.75, 3.05) is 19.6 Å². The van der Waals surface area contributed by atoms with Gasteiger partial charge in [0.2, 0.25) is 0 Å². The van der Waals surface area contributed by atoms with Crippen molar-refractivity contribution in [3.05, 3.63) is 11.7 Å². The molecule has 1 aliphatic heterocycles. The fourth-order valence-corrected chi connectivity index (χ4v) is 3.45. The number of carbonyl (C=O) groups excluding carboxylic acids is 1. The Bertz CT molecular complexity index is 567. The predicted molar refractivity (Wildman–Crippen MR) is 84.1 cm³/mol. The van der Waals surface area contributed by atoms with Gasteiger partial charge in [0.15, 0.2) is 11.9 Å². The van der Waals surface area contributed by atoms with Crippen molar-refractivity contribution in [2.24, 2.45) is 5.92 Å². The van der Waals surface area contributed by atoms with E-state index in [1.54, 1.807) is 11.8 Å². The van der Waals surface area contributed by atoms with Gasteiger partial charge in [0, 0.05) is 13.1 Å². The minimum absolute atomic E-state index is 0.119. The summed E-state index contributed by atoms with van der Waals surface area (Å²) in [7, 11) is 0. The second kappa shape index (κ2) is 7.46. The zero-order valence-corrected chi connectivity index (χ0v) is 14.2. The third kappa shape index (κ3) is 4.23. The standard InChI is InChI=1S/C16H25FN4O3/c1-10-8-21(9-14(23-10)15-19-11(2)20-24-15)16(22)18-7-12-4-3-5-13(17)6-12/h10,12-14H,3-9H2,1-2H3,(H,18,22)/t10-,12?,13?,14-/m1/s1. The van der Waals surface area contributed by atoms with E-state index >= 15 is 0 Å². The normalized spacial score (nSPS) is 31.0. The van der Waals surface area contributed by atoms with Gasteiger partial charge in [-0.1, -0.05) is 11.6 Å². The number of urea groups is 1. The molecule has 8 heteroatoms. The lowest BCUT2D eigenvalue weighted by Crippen LogP contribution is -2.50. The van der Waals surface area contributed by atoms with E-state index in [0.717, 1.165) is 12.8 Å². The third-order valence-electron chi connectivity index (χ3n) is 4.63. The van der Waals surface area contributed by atoms with Crippen molar-refractivity contribution in [3.63, 3.8) is 0 Å². The molecule has 1 aromatic heterocycles. The van der Waals surface area contributed by atoms with Crippen molar-refractivity contribution in [2.45, 2.75) is 57.9 Å². The van der Waals surface area contributed by atoms with Crippen LogP contribution in [-0.2, 0) is 4.74 Å². The van der Waals surface area contributed by atoms with Crippen LogP contribution in [0.4, 0.5) is 9.18 Å². The predicted octanol–water partition coefficient (Wildman–Crippen LogP) is 2.38. The summed E-state index contributed by atoms with van der Waals surface area (Å²) in [4.78, 5) is 18.3. The lowest BCUT2D eigenvalue weighted by Gasteiger charge is -2.35. The van der Waals surface area contributed by atoms with Crippen molar-refractivity contribution >= 4 is 6.03 Å². The molecule has 3 rings (SSSR count). The Morgan fingerprint density at radius 2 is 2.25 bits per heavy atom. The van der Waals surface area contributed by atoms with Crippen LogP contribution in [0.15, 0.2) is 4.52 Å². The van der Waals surface area contributed by atoms with Crippen LogP contribution in [0.25, 0.3) is 0 Å². The topological polar surface area (TPSA) is 80.5 Å². The summed E-state index contributed by atoms with van der Waals surface area (Å²) in [6.07, 6.45) is 1.81. The smallest absolute Gasteiger partial charge is 0.317 e. The number of ether oxygens (including phenoxy) is 1. The number of aryl methyl sites for hydroxylation is 1. The molecule has 0 radical (unpaired) electrons. The summed E-state index contributed by atoms with van der Waals surface area (Å²) in [5.74, 6) is 1.16. The Labute approximate surface area is 140 Å². The summed E-state index contributed by atoms with van der Waals surface area (Å²) in [5, 5.41) is 6.71. The Balaban J connectivity index is 1.53. The molecule has 0 aromatic carbocycles. The summed E-state index contributed by atoms with van der Waals surface area (Å²) in [6.45, 7) is 5.05. The van der Waals surface area contributed by atoms with E-state index in [1.807, 2.05) is 6.92 Å². The number of hydrogen-bond acceptors (Lipinski definition) is 5. The Morgan fingerprint density at radius 1 is 1.42 bits per heavy atom. The van der Waals surface area contributed by atoms with Crippen molar-refractivity contribution < 1.29 is 18.4 Å². The van der Waals surface area contributed by atoms with Gasteiger partial charge < -0.3 is 19.5 Å². The van der Waals surface area contributed by atoms with Gasteiger partial charge in [-0.25, -0.2) is 9.18 Å². The summed E-state index contributed by atoms with van der Waals surface area (Å²) in [5.41, 5.74) is 0. The number of nitrogens with one attached hydrogen (secondary N) is 1. The molecule has 24 heavy (non-hydrogen) atoms. The molecular formula is C16H25FN4O3. The van der Waals surface area contributed by atoms with Gasteiger partial charge in [-0.3, -0.25) is 0 Å². The van der Waals surface area contributed by atoms with E-state index in [9.17, 15) is 9.18 Å². The number of halogens is 1. The van der Waals surface area contributed by atoms with E-state index in [-0.39, 0.29) is 18.1 Å². The van der Waals surface area contributed by atoms with Gasteiger partial charge in [-0.15, -0.1) is 0 Å². The largest absolute Gasteiger partial charge is 0.362 e. The molecule has 1 N–H and O–H groups in total. The van der Waals surface area contributed by atoms with Gasteiger partial charge in [0.05, 0.1) is 12.6 Å². The highest BCUT2D eigenvalue weighted by Crippen LogP contribution is 2.26. The number of rotatable bonds is 3. The first-order valence-electron chi connectivity index (χ1n) is 8.63. The molecule has 134 valence electrons. The molecule has 2 aliphatic rings. The van der Waals surface area contributed by atoms with Crippen LogP contribution in [0.1, 0.15) is 50.4 Å². The molecule has 2 amide bonds. The highest BCUT2D eigenvalue weighted by molar-refractivity contribution is 5.74. The summed E-state index contributed by atoms with van der Waals surface area (Å²) < 4.78 is 24.4. The van der Waals surface area contributed by atoms with Gasteiger partial charge in [-0.2, -0.15) is 4.98 Å². The van der Waals surface area contributed by atoms with Gasteiger partial charge in [0.1, 0.15) is 6.17 Å². The number of alkyl halides is 1. The van der Waals surface area contributed by atoms with E-state index in [2.05, 4.69) is 15.5 Å². The number of aromatic nitrogens is 2. The summed E-state index contributed by atoms with van der Waals surface area (Å²) in [6, 6.07) is -0.146. The van der Waals surface area contributed by atoms with E-state index in [4.69, 9.17) is 9.26 Å². The SMILES string of the molecule is Cc1noc([C@H]2CN(C(=O)NCC3CCCC(F)C3)C[C@@H](C)O2)n1. The minimum atomic E-state index is -0.728. The average molecular weight is 340 g/mol. The maximum Gasteiger partial charge on any atom is 0.317 e. The Morgan fingerprint density at radius 3 is 2.96 bits per heavy atom. The quantitative estimate of drug-likeness (QED) is 0.914. The first-order chi connectivity index (χ1) is 11.5. The van der Waals surface area contributed by atoms with Crippen molar-refractivity contribution in [1.29, 1.82) is 0 Å². The van der Waals surface area contributed by atoms with Gasteiger partial charge in [-0.05, 0) is 39.0 Å². The van der Waals surface area contributed by atoms with Crippen LogP contribution in [0.3, 0.4) is 0 Å². The lowest BCUT2D eigenvalue weighted by molar-refractivity contribution is -0.0782. The number of carbonyl (C=O) groups is 1. The highest BCUT2D eigenvalue weighted by atomic mass is 19.1. The number of amides is 2. The first-order valence-corrected chi connectivity index (χ1v) is 8.63. The molecule has 4 atom stereocenters. The second-order valence-corrected chi connectivity index (χ2v) is 6.84. The molecule has 0 spiro atoms. The first kappa shape index (κ1) is 17.1. The number of nitrogens with zero attached hydrogens (tertiary/aromatic N) is 3. The summed E-state index contributed by atoms with van der Waals surface area (Å²) >= 11 is 0. The van der Waals surface area contributed by atoms with Gasteiger partial charge in [0.25, 0.3) is 5.89 Å². The van der Waals surface area contributed by atoms with Gasteiger partial charge >= 0.3 is 6.03 Å². The monoisotopic (exact) mass is 340 g/mol. The molecule has 2 heterocycles. The molecule has 2 unspecified atom stereocenters. The molecule has 1 saturated heterocycles. The zero-order chi connectivity index (χ0) is 17.1. The second-order valence-electron chi connectivity index (χ2n) is 6.84. The van der Waals surface area contributed by atoms with E-state index < -0.39 is 12.3 Å². The average Bonchev–Trinajstić information content (AvgIpc) is 2.99. The zero-order valence-electron chi connectivity index (χ0n) is 14.2. The van der Waals surface area contributed by atoms with Crippen molar-refractivity contribution in [1.82, 2.24) is 20.4 Å². The highest BCUT2D eigenvalue weighted by Gasteiger charge is 2.33. The number of morpholine rings is 1. The molecular weight excluding hydrogens is 315 g/mol. The molecule has 0 bridgehead atoms. The van der Waals surface area contributed by atoms with Crippen LogP contribution in [0.2, 0.25) is 0 Å². The molecule has 1 aromatic rings. The van der Waals surface area contributed by atoms with Crippen molar-refractivity contribution in [3.8, 4) is 0 Å². The maximum atomic E-state index is 13.4.